The second-order valence-corrected chi connectivity index (χ2v) is 8.17. The molecule has 2 fully saturated rings. The lowest BCUT2D eigenvalue weighted by Crippen LogP contribution is -2.62. The summed E-state index contributed by atoms with van der Waals surface area (Å²) >= 11 is 0. The van der Waals surface area contributed by atoms with Crippen LogP contribution in [0.1, 0.15) is 42.7 Å². The zero-order valence-electron chi connectivity index (χ0n) is 16.5. The zero-order chi connectivity index (χ0) is 19.6. The minimum atomic E-state index is -0.295. The van der Waals surface area contributed by atoms with E-state index in [2.05, 4.69) is 24.3 Å². The van der Waals surface area contributed by atoms with Gasteiger partial charge in [-0.05, 0) is 24.0 Å². The van der Waals surface area contributed by atoms with Crippen molar-refractivity contribution in [3.8, 4) is 0 Å². The molecule has 1 N–H and O–H groups in total. The van der Waals surface area contributed by atoms with Crippen molar-refractivity contribution in [1.29, 1.82) is 0 Å². The molecule has 148 valence electrons. The van der Waals surface area contributed by atoms with Crippen LogP contribution in [0.15, 0.2) is 60.7 Å². The van der Waals surface area contributed by atoms with E-state index in [9.17, 15) is 9.90 Å². The van der Waals surface area contributed by atoms with E-state index < -0.39 is 0 Å². The van der Waals surface area contributed by atoms with Crippen LogP contribution in [0, 0.1) is 5.41 Å². The molecule has 0 radical (unpaired) electrons. The first-order valence-electron chi connectivity index (χ1n) is 10.2. The monoisotopic (exact) mass is 379 g/mol. The summed E-state index contributed by atoms with van der Waals surface area (Å²) in [4.78, 5) is 15.1. The van der Waals surface area contributed by atoms with Crippen LogP contribution in [0.4, 0.5) is 0 Å². The van der Waals surface area contributed by atoms with Crippen LogP contribution in [0.25, 0.3) is 0 Å². The van der Waals surface area contributed by atoms with Gasteiger partial charge in [-0.25, -0.2) is 0 Å². The Morgan fingerprint density at radius 3 is 2.07 bits per heavy atom. The summed E-state index contributed by atoms with van der Waals surface area (Å²) < 4.78 is 5.56. The van der Waals surface area contributed by atoms with Gasteiger partial charge in [-0.2, -0.15) is 0 Å². The largest absolute Gasteiger partial charge is 0.392 e. The summed E-state index contributed by atoms with van der Waals surface area (Å²) in [6.45, 7) is 1.40. The van der Waals surface area contributed by atoms with E-state index in [0.29, 0.717) is 25.9 Å². The van der Waals surface area contributed by atoms with Gasteiger partial charge in [-0.1, -0.05) is 60.7 Å². The van der Waals surface area contributed by atoms with Gasteiger partial charge < -0.3 is 14.7 Å². The van der Waals surface area contributed by atoms with Crippen LogP contribution >= 0.6 is 0 Å². The van der Waals surface area contributed by atoms with Crippen molar-refractivity contribution in [2.24, 2.45) is 5.41 Å². The lowest BCUT2D eigenvalue weighted by atomic mass is 9.58. The molecule has 2 aliphatic rings. The first-order chi connectivity index (χ1) is 13.6. The third-order valence-electron chi connectivity index (χ3n) is 6.86. The van der Waals surface area contributed by atoms with Crippen molar-refractivity contribution in [2.75, 3.05) is 20.2 Å². The van der Waals surface area contributed by atoms with Gasteiger partial charge in [0.1, 0.15) is 0 Å². The van der Waals surface area contributed by atoms with Crippen LogP contribution in [-0.4, -0.2) is 48.3 Å². The Morgan fingerprint density at radius 1 is 1.07 bits per heavy atom. The van der Waals surface area contributed by atoms with Gasteiger partial charge >= 0.3 is 0 Å². The predicted octanol–water partition coefficient (Wildman–Crippen LogP) is 3.60. The van der Waals surface area contributed by atoms with Crippen molar-refractivity contribution in [3.05, 3.63) is 71.8 Å². The minimum Gasteiger partial charge on any atom is -0.392 e. The number of hydrogen-bond acceptors (Lipinski definition) is 3. The van der Waals surface area contributed by atoms with Gasteiger partial charge in [0.25, 0.3) is 0 Å². The molecule has 1 spiro atoms. The quantitative estimate of drug-likeness (QED) is 0.864. The van der Waals surface area contributed by atoms with Crippen molar-refractivity contribution in [3.63, 3.8) is 0 Å². The number of nitrogens with zero attached hydrogens (tertiary/aromatic N) is 1. The number of carbonyl (C=O) groups is 1. The van der Waals surface area contributed by atoms with E-state index in [0.717, 1.165) is 12.8 Å². The Hall–Kier alpha value is -2.17. The van der Waals surface area contributed by atoms with Gasteiger partial charge in [0.15, 0.2) is 0 Å². The van der Waals surface area contributed by atoms with Crippen molar-refractivity contribution in [2.45, 2.75) is 43.8 Å². The highest BCUT2D eigenvalue weighted by Gasteiger charge is 2.56. The number of amides is 1. The number of benzene rings is 2. The molecule has 1 saturated carbocycles. The Labute approximate surface area is 167 Å². The number of carbonyl (C=O) groups excluding carboxylic acids is 1. The topological polar surface area (TPSA) is 49.8 Å². The van der Waals surface area contributed by atoms with Gasteiger partial charge in [-0.3, -0.25) is 4.79 Å². The number of aliphatic hydroxyl groups excluding tert-OH is 1. The van der Waals surface area contributed by atoms with Crippen LogP contribution in [-0.2, 0) is 9.53 Å². The fraction of sp³-hybridized carbons (Fsp3) is 0.458. The molecule has 0 aromatic heterocycles. The Balaban J connectivity index is 1.46. The third-order valence-corrected chi connectivity index (χ3v) is 6.86. The Kier molecular flexibility index (Phi) is 5.51. The smallest absolute Gasteiger partial charge is 0.223 e. The average Bonchev–Trinajstić information content (AvgIpc) is 2.76. The molecule has 4 heteroatoms. The molecule has 4 rings (SSSR count). The van der Waals surface area contributed by atoms with E-state index in [1.165, 1.54) is 11.1 Å². The molecule has 1 aliphatic heterocycles. The van der Waals surface area contributed by atoms with Crippen LogP contribution < -0.4 is 0 Å². The van der Waals surface area contributed by atoms with Gasteiger partial charge in [0, 0.05) is 44.4 Å². The highest BCUT2D eigenvalue weighted by molar-refractivity contribution is 5.78. The van der Waals surface area contributed by atoms with E-state index in [1.807, 2.05) is 41.3 Å². The summed E-state index contributed by atoms with van der Waals surface area (Å²) in [6, 6.07) is 20.5. The van der Waals surface area contributed by atoms with Crippen LogP contribution in [0.2, 0.25) is 0 Å². The number of rotatable bonds is 5. The van der Waals surface area contributed by atoms with Gasteiger partial charge in [0.2, 0.25) is 5.91 Å². The SMILES string of the molecule is CO[C@@H]1C[C@H](O)C12CCN(C(=O)CC(c1ccccc1)c1ccccc1)CC2. The lowest BCUT2D eigenvalue weighted by Gasteiger charge is -2.56. The fourth-order valence-corrected chi connectivity index (χ4v) is 4.99. The number of aliphatic hydroxyl groups is 1. The fourth-order valence-electron chi connectivity index (χ4n) is 4.99. The second kappa shape index (κ2) is 8.06. The first-order valence-corrected chi connectivity index (χ1v) is 10.2. The number of piperidine rings is 1. The molecule has 28 heavy (non-hydrogen) atoms. The molecule has 1 heterocycles. The number of ether oxygens (including phenoxy) is 1. The highest BCUT2D eigenvalue weighted by Crippen LogP contribution is 2.50. The normalized spacial score (nSPS) is 23.6. The lowest BCUT2D eigenvalue weighted by molar-refractivity contribution is -0.202. The van der Waals surface area contributed by atoms with Crippen molar-refractivity contribution >= 4 is 5.91 Å². The van der Waals surface area contributed by atoms with E-state index in [1.54, 1.807) is 7.11 Å². The van der Waals surface area contributed by atoms with Crippen molar-refractivity contribution in [1.82, 2.24) is 4.90 Å². The summed E-state index contributed by atoms with van der Waals surface area (Å²) in [5.41, 5.74) is 2.19. The molecular weight excluding hydrogens is 350 g/mol. The van der Waals surface area contributed by atoms with Crippen LogP contribution in [0.3, 0.4) is 0 Å². The van der Waals surface area contributed by atoms with Gasteiger partial charge in [0.05, 0.1) is 12.2 Å². The predicted molar refractivity (Wildman–Crippen MR) is 109 cm³/mol. The number of methoxy groups -OCH3 is 1. The Bertz CT molecular complexity index is 745. The molecule has 1 amide bonds. The molecule has 4 nitrogen and oxygen atoms in total. The summed E-state index contributed by atoms with van der Waals surface area (Å²) in [7, 11) is 1.72. The van der Waals surface area contributed by atoms with E-state index >= 15 is 0 Å². The molecule has 2 aromatic rings. The molecule has 1 aliphatic carbocycles. The van der Waals surface area contributed by atoms with Crippen molar-refractivity contribution < 1.29 is 14.6 Å². The number of likely N-dealkylation sites (tertiary alicyclic amines) is 1. The number of hydrogen-bond donors (Lipinski definition) is 1. The second-order valence-electron chi connectivity index (χ2n) is 8.17. The summed E-state index contributed by atoms with van der Waals surface area (Å²) in [5.74, 6) is 0.252. The average molecular weight is 380 g/mol. The standard InChI is InChI=1S/C24H29NO3/c1-28-22-17-21(26)24(22)12-14-25(15-13-24)23(27)16-20(18-8-4-2-5-9-18)19-10-6-3-7-11-19/h2-11,20-22,26H,12-17H2,1H3/t21-,22+/m0/s1. The first kappa shape index (κ1) is 19.2. The third kappa shape index (κ3) is 3.47. The molecule has 1 saturated heterocycles. The zero-order valence-corrected chi connectivity index (χ0v) is 16.5. The molecule has 2 atom stereocenters. The highest BCUT2D eigenvalue weighted by atomic mass is 16.5. The summed E-state index contributed by atoms with van der Waals surface area (Å²) in [5, 5.41) is 10.3. The van der Waals surface area contributed by atoms with Gasteiger partial charge in [-0.15, -0.1) is 0 Å². The van der Waals surface area contributed by atoms with E-state index in [-0.39, 0.29) is 29.4 Å². The maximum atomic E-state index is 13.1. The molecule has 2 aromatic carbocycles. The van der Waals surface area contributed by atoms with Crippen LogP contribution in [0.5, 0.6) is 0 Å². The maximum absolute atomic E-state index is 13.1. The Morgan fingerprint density at radius 2 is 1.61 bits per heavy atom. The summed E-state index contributed by atoms with van der Waals surface area (Å²) in [6.07, 6.45) is 2.66. The maximum Gasteiger partial charge on any atom is 0.223 e. The molecule has 0 bridgehead atoms. The molecule has 0 unspecified atom stereocenters. The minimum absolute atomic E-state index is 0.0619. The van der Waals surface area contributed by atoms with E-state index in [4.69, 9.17) is 4.74 Å². The molecular formula is C24H29NO3.